The van der Waals surface area contributed by atoms with E-state index in [2.05, 4.69) is 39.8 Å². The van der Waals surface area contributed by atoms with Gasteiger partial charge in [-0.05, 0) is 59.2 Å². The fourth-order valence-corrected chi connectivity index (χ4v) is 3.64. The number of hydrogen-bond donors (Lipinski definition) is 0. The summed E-state index contributed by atoms with van der Waals surface area (Å²) in [6.07, 6.45) is 19.4. The molecule has 23 heavy (non-hydrogen) atoms. The Bertz CT molecular complexity index is 360. The molecule has 132 valence electrons. The van der Waals surface area contributed by atoms with Crippen molar-refractivity contribution in [2.24, 2.45) is 5.92 Å². The molecule has 0 radical (unpaired) electrons. The minimum absolute atomic E-state index is 0.0228. The summed E-state index contributed by atoms with van der Waals surface area (Å²) < 4.78 is 12.3. The highest BCUT2D eigenvalue weighted by molar-refractivity contribution is 6.45. The molecule has 1 heterocycles. The first kappa shape index (κ1) is 19.1. The van der Waals surface area contributed by atoms with Crippen LogP contribution in [0.2, 0.25) is 6.32 Å². The van der Waals surface area contributed by atoms with Gasteiger partial charge >= 0.3 is 7.12 Å². The predicted octanol–water partition coefficient (Wildman–Crippen LogP) is 6.17. The van der Waals surface area contributed by atoms with Crippen molar-refractivity contribution in [3.63, 3.8) is 0 Å². The standard InChI is InChI=1S/C20H37BO2/c1-19(2)20(3,4)23-21(22-19)17-16-18-14-12-10-8-6-5-7-9-11-13-15-18/h10,12,18H,5-9,11,13-17H2,1-4H3/b12-10-. The molecule has 2 aliphatic rings. The summed E-state index contributed by atoms with van der Waals surface area (Å²) in [5, 5.41) is 0. The predicted molar refractivity (Wildman–Crippen MR) is 99.7 cm³/mol. The average molecular weight is 320 g/mol. The van der Waals surface area contributed by atoms with E-state index in [1.165, 1.54) is 64.2 Å². The van der Waals surface area contributed by atoms with E-state index in [0.717, 1.165) is 12.2 Å². The first-order valence-electron chi connectivity index (χ1n) is 9.91. The summed E-state index contributed by atoms with van der Waals surface area (Å²) in [5.41, 5.74) is -0.381. The Morgan fingerprint density at radius 3 is 2.17 bits per heavy atom. The fourth-order valence-electron chi connectivity index (χ4n) is 3.64. The lowest BCUT2D eigenvalue weighted by Crippen LogP contribution is -2.41. The van der Waals surface area contributed by atoms with Gasteiger partial charge in [-0.25, -0.2) is 0 Å². The zero-order valence-electron chi connectivity index (χ0n) is 15.9. The van der Waals surface area contributed by atoms with Gasteiger partial charge in [0.2, 0.25) is 0 Å². The SMILES string of the molecule is CC1(C)OB(CCC2C/C=C\CCCCCCCC2)OC1(C)C. The van der Waals surface area contributed by atoms with E-state index in [9.17, 15) is 0 Å². The van der Waals surface area contributed by atoms with Crippen LogP contribution in [0, 0.1) is 5.92 Å². The molecule has 1 fully saturated rings. The topological polar surface area (TPSA) is 18.5 Å². The van der Waals surface area contributed by atoms with Crippen LogP contribution in [0.3, 0.4) is 0 Å². The maximum Gasteiger partial charge on any atom is 0.457 e. The highest BCUT2D eigenvalue weighted by Gasteiger charge is 2.50. The second kappa shape index (κ2) is 8.71. The third-order valence-electron chi connectivity index (χ3n) is 5.98. The molecule has 2 nitrogen and oxygen atoms in total. The van der Waals surface area contributed by atoms with Gasteiger partial charge < -0.3 is 9.31 Å². The third kappa shape index (κ3) is 5.94. The van der Waals surface area contributed by atoms with Crippen LogP contribution >= 0.6 is 0 Å². The maximum absolute atomic E-state index is 6.15. The van der Waals surface area contributed by atoms with Crippen LogP contribution in [0.5, 0.6) is 0 Å². The highest BCUT2D eigenvalue weighted by atomic mass is 16.7. The average Bonchev–Trinajstić information content (AvgIpc) is 2.66. The molecule has 1 atom stereocenters. The molecule has 2 rings (SSSR count). The Labute approximate surface area is 144 Å². The van der Waals surface area contributed by atoms with Gasteiger partial charge in [-0.1, -0.05) is 57.1 Å². The first-order valence-corrected chi connectivity index (χ1v) is 9.91. The van der Waals surface area contributed by atoms with Gasteiger partial charge in [-0.2, -0.15) is 0 Å². The fraction of sp³-hybridized carbons (Fsp3) is 0.900. The summed E-state index contributed by atoms with van der Waals surface area (Å²) in [6, 6.07) is 0. The van der Waals surface area contributed by atoms with E-state index in [0.29, 0.717) is 0 Å². The van der Waals surface area contributed by atoms with Crippen LogP contribution in [0.1, 0.15) is 91.9 Å². The highest BCUT2D eigenvalue weighted by Crippen LogP contribution is 2.38. The molecule has 1 saturated heterocycles. The molecule has 0 saturated carbocycles. The Morgan fingerprint density at radius 2 is 1.48 bits per heavy atom. The van der Waals surface area contributed by atoms with Gasteiger partial charge in [-0.3, -0.25) is 0 Å². The molecular formula is C20H37BO2. The van der Waals surface area contributed by atoms with Crippen molar-refractivity contribution in [1.29, 1.82) is 0 Å². The van der Waals surface area contributed by atoms with Crippen LogP contribution in [0.4, 0.5) is 0 Å². The van der Waals surface area contributed by atoms with E-state index in [1.807, 2.05) is 0 Å². The summed E-state index contributed by atoms with van der Waals surface area (Å²) in [4.78, 5) is 0. The number of allylic oxidation sites excluding steroid dienone is 2. The normalized spacial score (nSPS) is 30.4. The second-order valence-electron chi connectivity index (χ2n) is 8.54. The van der Waals surface area contributed by atoms with Crippen molar-refractivity contribution in [3.8, 4) is 0 Å². The summed E-state index contributed by atoms with van der Waals surface area (Å²) >= 11 is 0. The molecule has 3 heteroatoms. The third-order valence-corrected chi connectivity index (χ3v) is 5.98. The van der Waals surface area contributed by atoms with E-state index in [-0.39, 0.29) is 18.3 Å². The Balaban J connectivity index is 1.80. The molecule has 0 amide bonds. The van der Waals surface area contributed by atoms with Gasteiger partial charge in [0.1, 0.15) is 0 Å². The molecule has 1 unspecified atom stereocenters. The van der Waals surface area contributed by atoms with Crippen LogP contribution in [-0.4, -0.2) is 18.3 Å². The molecule has 0 spiro atoms. The molecular weight excluding hydrogens is 283 g/mol. The lowest BCUT2D eigenvalue weighted by Gasteiger charge is -2.32. The lowest BCUT2D eigenvalue weighted by molar-refractivity contribution is 0.00578. The summed E-state index contributed by atoms with van der Waals surface area (Å²) in [7, 11) is -0.0228. The summed E-state index contributed by atoms with van der Waals surface area (Å²) in [5.74, 6) is 0.796. The van der Waals surface area contributed by atoms with Crippen molar-refractivity contribution in [1.82, 2.24) is 0 Å². The Morgan fingerprint density at radius 1 is 0.870 bits per heavy atom. The van der Waals surface area contributed by atoms with Crippen LogP contribution < -0.4 is 0 Å². The monoisotopic (exact) mass is 320 g/mol. The number of rotatable bonds is 3. The van der Waals surface area contributed by atoms with Crippen molar-refractivity contribution in [2.75, 3.05) is 0 Å². The lowest BCUT2D eigenvalue weighted by atomic mass is 9.78. The maximum atomic E-state index is 6.15. The van der Waals surface area contributed by atoms with E-state index < -0.39 is 0 Å². The quantitative estimate of drug-likeness (QED) is 0.457. The smallest absolute Gasteiger partial charge is 0.403 e. The Kier molecular flexibility index (Phi) is 7.22. The molecule has 0 N–H and O–H groups in total. The van der Waals surface area contributed by atoms with Crippen LogP contribution in [0.25, 0.3) is 0 Å². The van der Waals surface area contributed by atoms with Gasteiger partial charge in [0.05, 0.1) is 11.2 Å². The molecule has 0 aromatic rings. The van der Waals surface area contributed by atoms with Crippen molar-refractivity contribution in [3.05, 3.63) is 12.2 Å². The van der Waals surface area contributed by atoms with Crippen molar-refractivity contribution >= 4 is 7.12 Å². The minimum Gasteiger partial charge on any atom is -0.403 e. The minimum atomic E-state index is -0.190. The molecule has 0 aromatic carbocycles. The van der Waals surface area contributed by atoms with E-state index in [1.54, 1.807) is 0 Å². The second-order valence-corrected chi connectivity index (χ2v) is 8.54. The van der Waals surface area contributed by atoms with Gasteiger partial charge in [0.25, 0.3) is 0 Å². The van der Waals surface area contributed by atoms with Crippen LogP contribution in [0.15, 0.2) is 12.2 Å². The zero-order chi connectivity index (χ0) is 16.8. The van der Waals surface area contributed by atoms with E-state index in [4.69, 9.17) is 9.31 Å². The van der Waals surface area contributed by atoms with Crippen LogP contribution in [-0.2, 0) is 9.31 Å². The Hall–Kier alpha value is -0.275. The van der Waals surface area contributed by atoms with Gasteiger partial charge in [-0.15, -0.1) is 0 Å². The van der Waals surface area contributed by atoms with Crippen molar-refractivity contribution in [2.45, 2.75) is 109 Å². The number of hydrogen-bond acceptors (Lipinski definition) is 2. The molecule has 1 aliphatic carbocycles. The first-order chi connectivity index (χ1) is 10.9. The van der Waals surface area contributed by atoms with Gasteiger partial charge in [0, 0.05) is 0 Å². The largest absolute Gasteiger partial charge is 0.457 e. The van der Waals surface area contributed by atoms with Crippen molar-refractivity contribution < 1.29 is 9.31 Å². The van der Waals surface area contributed by atoms with E-state index >= 15 is 0 Å². The molecule has 0 bridgehead atoms. The molecule has 0 aromatic heterocycles. The zero-order valence-corrected chi connectivity index (χ0v) is 15.9. The summed E-state index contributed by atoms with van der Waals surface area (Å²) in [6.45, 7) is 8.58. The van der Waals surface area contributed by atoms with Gasteiger partial charge in [0.15, 0.2) is 0 Å². The molecule has 1 aliphatic heterocycles.